The zero-order chi connectivity index (χ0) is 22.5. The number of rotatable bonds is 5. The number of anilines is 2. The number of carbonyl (C=O) groups excluding carboxylic acids is 2. The second kappa shape index (κ2) is 9.78. The van der Waals surface area contributed by atoms with E-state index in [0.717, 1.165) is 36.5 Å². The number of nitrogens with zero attached hydrogens (tertiary/aromatic N) is 3. The lowest BCUT2D eigenvalue weighted by Crippen LogP contribution is -2.41. The highest BCUT2D eigenvalue weighted by atomic mass is 35.5. The van der Waals surface area contributed by atoms with Gasteiger partial charge in [0.1, 0.15) is 0 Å². The molecule has 1 aliphatic rings. The van der Waals surface area contributed by atoms with Crippen molar-refractivity contribution < 1.29 is 14.3 Å². The zero-order valence-electron chi connectivity index (χ0n) is 17.6. The molecule has 7 nitrogen and oxygen atoms in total. The normalized spacial score (nSPS) is 15.8. The van der Waals surface area contributed by atoms with E-state index in [1.165, 1.54) is 7.11 Å². The van der Waals surface area contributed by atoms with Gasteiger partial charge >= 0.3 is 5.97 Å². The number of amides is 1. The number of benzene rings is 2. The Bertz CT molecular complexity index is 1090. The summed E-state index contributed by atoms with van der Waals surface area (Å²) in [4.78, 5) is 26.4. The molecule has 1 amide bonds. The van der Waals surface area contributed by atoms with Crippen LogP contribution in [0.3, 0.4) is 0 Å². The van der Waals surface area contributed by atoms with Gasteiger partial charge in [0.25, 0.3) is 0 Å². The standard InChI is InChI=1S/C24H23ClN4O3/c1-32-24(31)17-6-10-20(11-7-17)26-23(30)18-3-2-14-29(15-18)22-13-12-21(27-28-22)16-4-8-19(25)9-5-16/h4-13,18H,2-3,14-15H2,1H3,(H,26,30)/t18-/m0/s1. The van der Waals surface area contributed by atoms with Crippen LogP contribution in [0.2, 0.25) is 5.02 Å². The molecule has 3 aromatic rings. The molecule has 0 radical (unpaired) electrons. The predicted molar refractivity (Wildman–Crippen MR) is 124 cm³/mol. The maximum Gasteiger partial charge on any atom is 0.337 e. The van der Waals surface area contributed by atoms with Crippen LogP contribution in [-0.2, 0) is 9.53 Å². The molecule has 0 bridgehead atoms. The van der Waals surface area contributed by atoms with Crippen molar-refractivity contribution >= 4 is 35.0 Å². The van der Waals surface area contributed by atoms with Gasteiger partial charge in [0.15, 0.2) is 5.82 Å². The minimum Gasteiger partial charge on any atom is -0.465 e. The Kier molecular flexibility index (Phi) is 6.66. The number of esters is 1. The SMILES string of the molecule is COC(=O)c1ccc(NC(=O)[C@H]2CCCN(c3ccc(-c4ccc(Cl)cc4)nn3)C2)cc1. The molecular weight excluding hydrogens is 428 g/mol. The third-order valence-corrected chi connectivity index (χ3v) is 5.73. The van der Waals surface area contributed by atoms with Gasteiger partial charge in [-0.15, -0.1) is 10.2 Å². The molecule has 0 aliphatic carbocycles. The highest BCUT2D eigenvalue weighted by Gasteiger charge is 2.27. The maximum atomic E-state index is 12.8. The number of hydrogen-bond donors (Lipinski definition) is 1. The molecule has 1 atom stereocenters. The summed E-state index contributed by atoms with van der Waals surface area (Å²) in [5.74, 6) is 0.129. The first-order chi connectivity index (χ1) is 15.5. The van der Waals surface area contributed by atoms with Crippen molar-refractivity contribution in [2.75, 3.05) is 30.4 Å². The second-order valence-corrected chi connectivity index (χ2v) is 8.06. The first-order valence-electron chi connectivity index (χ1n) is 10.4. The van der Waals surface area contributed by atoms with Gasteiger partial charge in [-0.3, -0.25) is 4.79 Å². The fourth-order valence-electron chi connectivity index (χ4n) is 3.72. The lowest BCUT2D eigenvalue weighted by molar-refractivity contribution is -0.120. The van der Waals surface area contributed by atoms with Crippen molar-refractivity contribution in [3.8, 4) is 11.3 Å². The zero-order valence-corrected chi connectivity index (χ0v) is 18.4. The summed E-state index contributed by atoms with van der Waals surface area (Å²) in [5.41, 5.74) is 2.80. The van der Waals surface area contributed by atoms with Crippen LogP contribution in [0, 0.1) is 5.92 Å². The highest BCUT2D eigenvalue weighted by Crippen LogP contribution is 2.25. The van der Waals surface area contributed by atoms with Crippen molar-refractivity contribution in [1.82, 2.24) is 10.2 Å². The third-order valence-electron chi connectivity index (χ3n) is 5.48. The van der Waals surface area contributed by atoms with E-state index in [2.05, 4.69) is 20.4 Å². The Morgan fingerprint density at radius 1 is 1.03 bits per heavy atom. The van der Waals surface area contributed by atoms with Crippen molar-refractivity contribution in [2.45, 2.75) is 12.8 Å². The summed E-state index contributed by atoms with van der Waals surface area (Å²) >= 11 is 5.95. The predicted octanol–water partition coefficient (Wildman–Crippen LogP) is 4.44. The minimum atomic E-state index is -0.408. The van der Waals surface area contributed by atoms with Crippen LogP contribution in [0.4, 0.5) is 11.5 Å². The van der Waals surface area contributed by atoms with Crippen LogP contribution >= 0.6 is 11.6 Å². The molecular formula is C24H23ClN4O3. The van der Waals surface area contributed by atoms with Crippen LogP contribution in [0.5, 0.6) is 0 Å². The van der Waals surface area contributed by atoms with E-state index in [0.29, 0.717) is 22.8 Å². The minimum absolute atomic E-state index is 0.0498. The first-order valence-corrected chi connectivity index (χ1v) is 10.7. The Morgan fingerprint density at radius 2 is 1.78 bits per heavy atom. The lowest BCUT2D eigenvalue weighted by atomic mass is 9.97. The Hall–Kier alpha value is -3.45. The number of piperidine rings is 1. The number of aromatic nitrogens is 2. The molecule has 2 heterocycles. The summed E-state index contributed by atoms with van der Waals surface area (Å²) in [7, 11) is 1.34. The Balaban J connectivity index is 1.39. The van der Waals surface area contributed by atoms with E-state index >= 15 is 0 Å². The fraction of sp³-hybridized carbons (Fsp3) is 0.250. The van der Waals surface area contributed by atoms with Gasteiger partial charge in [0, 0.05) is 29.4 Å². The summed E-state index contributed by atoms with van der Waals surface area (Å²) < 4.78 is 4.70. The largest absolute Gasteiger partial charge is 0.465 e. The first kappa shape index (κ1) is 21.8. The van der Waals surface area contributed by atoms with Crippen LogP contribution in [0.25, 0.3) is 11.3 Å². The van der Waals surface area contributed by atoms with Gasteiger partial charge in [-0.05, 0) is 61.4 Å². The van der Waals surface area contributed by atoms with Gasteiger partial charge in [0.05, 0.1) is 24.3 Å². The average Bonchev–Trinajstić information content (AvgIpc) is 2.84. The number of carbonyl (C=O) groups is 2. The number of nitrogens with one attached hydrogen (secondary N) is 1. The van der Waals surface area contributed by atoms with Gasteiger partial charge in [0.2, 0.25) is 5.91 Å². The Labute approximate surface area is 191 Å². The van der Waals surface area contributed by atoms with Crippen molar-refractivity contribution in [3.05, 3.63) is 71.2 Å². The quantitative estimate of drug-likeness (QED) is 0.578. The summed E-state index contributed by atoms with van der Waals surface area (Å²) in [6.45, 7) is 1.40. The number of hydrogen-bond acceptors (Lipinski definition) is 6. The molecule has 1 fully saturated rings. The van der Waals surface area contributed by atoms with Crippen LogP contribution < -0.4 is 10.2 Å². The van der Waals surface area contributed by atoms with Crippen molar-refractivity contribution in [1.29, 1.82) is 0 Å². The van der Waals surface area contributed by atoms with Gasteiger partial charge in [-0.1, -0.05) is 23.7 Å². The molecule has 0 saturated carbocycles. The number of methoxy groups -OCH3 is 1. The van der Waals surface area contributed by atoms with Crippen molar-refractivity contribution in [2.24, 2.45) is 5.92 Å². The molecule has 0 spiro atoms. The molecule has 0 unspecified atom stereocenters. The van der Waals surface area contributed by atoms with Gasteiger partial charge in [-0.25, -0.2) is 4.79 Å². The van der Waals surface area contributed by atoms with Gasteiger partial charge < -0.3 is 15.0 Å². The van der Waals surface area contributed by atoms with Crippen LogP contribution in [0.15, 0.2) is 60.7 Å². The Morgan fingerprint density at radius 3 is 2.44 bits per heavy atom. The van der Waals surface area contributed by atoms with E-state index in [1.54, 1.807) is 24.3 Å². The summed E-state index contributed by atoms with van der Waals surface area (Å²) in [5, 5.41) is 12.3. The lowest BCUT2D eigenvalue weighted by Gasteiger charge is -2.32. The molecule has 1 aliphatic heterocycles. The van der Waals surface area contributed by atoms with Crippen LogP contribution in [0.1, 0.15) is 23.2 Å². The summed E-state index contributed by atoms with van der Waals surface area (Å²) in [6.07, 6.45) is 1.69. The van der Waals surface area contributed by atoms with Crippen molar-refractivity contribution in [3.63, 3.8) is 0 Å². The van der Waals surface area contributed by atoms with E-state index in [9.17, 15) is 9.59 Å². The van der Waals surface area contributed by atoms with E-state index in [-0.39, 0.29) is 11.8 Å². The fourth-order valence-corrected chi connectivity index (χ4v) is 3.85. The monoisotopic (exact) mass is 450 g/mol. The number of ether oxygens (including phenoxy) is 1. The molecule has 1 saturated heterocycles. The molecule has 1 aromatic heterocycles. The average molecular weight is 451 g/mol. The molecule has 164 valence electrons. The molecule has 32 heavy (non-hydrogen) atoms. The van der Waals surface area contributed by atoms with E-state index in [1.807, 2.05) is 36.4 Å². The maximum absolute atomic E-state index is 12.8. The second-order valence-electron chi connectivity index (χ2n) is 7.63. The topological polar surface area (TPSA) is 84.4 Å². The molecule has 4 rings (SSSR count). The third kappa shape index (κ3) is 5.06. The smallest absolute Gasteiger partial charge is 0.337 e. The van der Waals surface area contributed by atoms with E-state index in [4.69, 9.17) is 16.3 Å². The van der Waals surface area contributed by atoms with Gasteiger partial charge in [-0.2, -0.15) is 0 Å². The highest BCUT2D eigenvalue weighted by molar-refractivity contribution is 6.30. The van der Waals surface area contributed by atoms with E-state index < -0.39 is 5.97 Å². The van der Waals surface area contributed by atoms with Crippen LogP contribution in [-0.4, -0.2) is 42.3 Å². The molecule has 1 N–H and O–H groups in total. The molecule has 8 heteroatoms. The molecule has 2 aromatic carbocycles. The number of halogens is 1. The summed E-state index contributed by atoms with van der Waals surface area (Å²) in [6, 6.07) is 18.0.